The lowest BCUT2D eigenvalue weighted by molar-refractivity contribution is 0.0983. The Hall–Kier alpha value is -0.840. The minimum absolute atomic E-state index is 0.122. The predicted octanol–water partition coefficient (Wildman–Crippen LogP) is 0.893. The van der Waals surface area contributed by atoms with Gasteiger partial charge in [-0.15, -0.1) is 0 Å². The van der Waals surface area contributed by atoms with Gasteiger partial charge in [0.05, 0.1) is 11.4 Å². The van der Waals surface area contributed by atoms with Crippen LogP contribution in [-0.2, 0) is 7.05 Å². The first-order valence-corrected chi connectivity index (χ1v) is 5.34. The van der Waals surface area contributed by atoms with Crippen LogP contribution in [0.4, 0.5) is 0 Å². The second-order valence-electron chi connectivity index (χ2n) is 3.09. The lowest BCUT2D eigenvalue weighted by Gasteiger charge is -2.02. The highest BCUT2D eigenvalue weighted by atomic mass is 32.2. The zero-order chi connectivity index (χ0) is 9.26. The van der Waals surface area contributed by atoms with E-state index in [0.717, 1.165) is 18.6 Å². The molecule has 0 spiro atoms. The number of hydrogen-bond donors (Lipinski definition) is 0. The Balaban J connectivity index is 2.12. The van der Waals surface area contributed by atoms with E-state index in [4.69, 9.17) is 0 Å². The summed E-state index contributed by atoms with van der Waals surface area (Å²) < 4.78 is 0. The standard InChI is InChI=1S/C8H11N3OS/c1-11-9-5-6(10-11)8(12)7-3-2-4-13-7/h5,7H,2-4H2,1H3. The number of aryl methyl sites for hydroxylation is 1. The van der Waals surface area contributed by atoms with Crippen molar-refractivity contribution in [3.05, 3.63) is 11.9 Å². The first kappa shape index (κ1) is 8.74. The maximum atomic E-state index is 11.7. The zero-order valence-electron chi connectivity index (χ0n) is 7.43. The van der Waals surface area contributed by atoms with Gasteiger partial charge in [0, 0.05) is 7.05 Å². The van der Waals surface area contributed by atoms with Crippen LogP contribution in [0.2, 0.25) is 0 Å². The fourth-order valence-corrected chi connectivity index (χ4v) is 2.63. The van der Waals surface area contributed by atoms with Crippen molar-refractivity contribution in [1.82, 2.24) is 15.0 Å². The molecule has 0 aromatic carbocycles. The second-order valence-corrected chi connectivity index (χ2v) is 4.40. The highest BCUT2D eigenvalue weighted by Crippen LogP contribution is 2.28. The number of Topliss-reactive ketones (excluding diaryl/α,β-unsaturated/α-hetero) is 1. The van der Waals surface area contributed by atoms with Crippen molar-refractivity contribution in [2.45, 2.75) is 18.1 Å². The summed E-state index contributed by atoms with van der Waals surface area (Å²) in [5.41, 5.74) is 0.502. The molecule has 0 saturated carbocycles. The summed E-state index contributed by atoms with van der Waals surface area (Å²) in [5.74, 6) is 1.23. The number of rotatable bonds is 2. The van der Waals surface area contributed by atoms with Gasteiger partial charge >= 0.3 is 0 Å². The SMILES string of the molecule is Cn1ncc(C(=O)C2CCCS2)n1. The maximum Gasteiger partial charge on any atom is 0.197 e. The summed E-state index contributed by atoms with van der Waals surface area (Å²) in [4.78, 5) is 13.1. The predicted molar refractivity (Wildman–Crippen MR) is 50.8 cm³/mol. The van der Waals surface area contributed by atoms with Crippen LogP contribution in [0, 0.1) is 0 Å². The molecule has 0 aliphatic carbocycles. The Labute approximate surface area is 80.7 Å². The summed E-state index contributed by atoms with van der Waals surface area (Å²) in [6.07, 6.45) is 3.67. The lowest BCUT2D eigenvalue weighted by Crippen LogP contribution is -2.14. The Morgan fingerprint density at radius 3 is 3.15 bits per heavy atom. The molecule has 1 saturated heterocycles. The Kier molecular flexibility index (Phi) is 2.35. The quantitative estimate of drug-likeness (QED) is 0.661. The third-order valence-corrected chi connectivity index (χ3v) is 3.45. The van der Waals surface area contributed by atoms with E-state index in [-0.39, 0.29) is 11.0 Å². The molecular formula is C8H11N3OS. The van der Waals surface area contributed by atoms with Gasteiger partial charge < -0.3 is 0 Å². The zero-order valence-corrected chi connectivity index (χ0v) is 8.25. The molecular weight excluding hydrogens is 186 g/mol. The Morgan fingerprint density at radius 2 is 2.62 bits per heavy atom. The molecule has 0 radical (unpaired) electrons. The van der Waals surface area contributed by atoms with E-state index in [9.17, 15) is 4.79 Å². The van der Waals surface area contributed by atoms with Gasteiger partial charge in [-0.05, 0) is 18.6 Å². The van der Waals surface area contributed by atoms with E-state index in [1.165, 1.54) is 4.80 Å². The van der Waals surface area contributed by atoms with Crippen molar-refractivity contribution in [3.63, 3.8) is 0 Å². The molecule has 0 amide bonds. The smallest absolute Gasteiger partial charge is 0.197 e. The highest BCUT2D eigenvalue weighted by Gasteiger charge is 2.26. The molecule has 1 aromatic rings. The minimum atomic E-state index is 0.122. The molecule has 2 heterocycles. The Morgan fingerprint density at radius 1 is 1.77 bits per heavy atom. The largest absolute Gasteiger partial charge is 0.291 e. The van der Waals surface area contributed by atoms with Gasteiger partial charge in [-0.2, -0.15) is 26.8 Å². The maximum absolute atomic E-state index is 11.7. The molecule has 2 rings (SSSR count). The molecule has 70 valence electrons. The van der Waals surface area contributed by atoms with Crippen LogP contribution >= 0.6 is 11.8 Å². The van der Waals surface area contributed by atoms with E-state index >= 15 is 0 Å². The van der Waals surface area contributed by atoms with E-state index in [1.54, 1.807) is 25.0 Å². The molecule has 0 bridgehead atoms. The third kappa shape index (κ3) is 1.75. The molecule has 1 aliphatic rings. The number of carbonyl (C=O) groups is 1. The van der Waals surface area contributed by atoms with Crippen molar-refractivity contribution in [2.75, 3.05) is 5.75 Å². The van der Waals surface area contributed by atoms with Gasteiger partial charge in [0.15, 0.2) is 5.78 Å². The van der Waals surface area contributed by atoms with Gasteiger partial charge in [-0.1, -0.05) is 0 Å². The molecule has 4 nitrogen and oxygen atoms in total. The fourth-order valence-electron chi connectivity index (χ4n) is 1.41. The molecule has 5 heteroatoms. The number of aromatic nitrogens is 3. The summed E-state index contributed by atoms with van der Waals surface area (Å²) in [6, 6.07) is 0. The highest BCUT2D eigenvalue weighted by molar-refractivity contribution is 8.00. The van der Waals surface area contributed by atoms with E-state index in [1.807, 2.05) is 0 Å². The third-order valence-electron chi connectivity index (χ3n) is 2.07. The van der Waals surface area contributed by atoms with Crippen LogP contribution < -0.4 is 0 Å². The van der Waals surface area contributed by atoms with Gasteiger partial charge in [0.2, 0.25) is 0 Å². The number of carbonyl (C=O) groups excluding carboxylic acids is 1. The number of ketones is 1. The summed E-state index contributed by atoms with van der Waals surface area (Å²) in [6.45, 7) is 0. The second kappa shape index (κ2) is 3.49. The van der Waals surface area contributed by atoms with Crippen LogP contribution in [0.1, 0.15) is 23.3 Å². The van der Waals surface area contributed by atoms with E-state index in [2.05, 4.69) is 10.2 Å². The number of nitrogens with zero attached hydrogens (tertiary/aromatic N) is 3. The number of hydrogen-bond acceptors (Lipinski definition) is 4. The summed E-state index contributed by atoms with van der Waals surface area (Å²) in [5, 5.41) is 8.00. The van der Waals surface area contributed by atoms with Crippen molar-refractivity contribution < 1.29 is 4.79 Å². The van der Waals surface area contributed by atoms with Crippen LogP contribution in [-0.4, -0.2) is 31.8 Å². The molecule has 13 heavy (non-hydrogen) atoms. The van der Waals surface area contributed by atoms with Crippen LogP contribution in [0.25, 0.3) is 0 Å². The molecule has 1 atom stereocenters. The minimum Gasteiger partial charge on any atom is -0.291 e. The van der Waals surface area contributed by atoms with Crippen molar-refractivity contribution in [2.24, 2.45) is 7.05 Å². The Bertz CT molecular complexity index is 317. The van der Waals surface area contributed by atoms with Crippen LogP contribution in [0.5, 0.6) is 0 Å². The molecule has 1 fully saturated rings. The van der Waals surface area contributed by atoms with E-state index in [0.29, 0.717) is 5.69 Å². The average molecular weight is 197 g/mol. The molecule has 1 aliphatic heterocycles. The van der Waals surface area contributed by atoms with Gasteiger partial charge in [-0.3, -0.25) is 4.79 Å². The number of thioether (sulfide) groups is 1. The van der Waals surface area contributed by atoms with Gasteiger partial charge in [0.1, 0.15) is 5.69 Å². The fraction of sp³-hybridized carbons (Fsp3) is 0.625. The first-order valence-electron chi connectivity index (χ1n) is 4.29. The first-order chi connectivity index (χ1) is 6.27. The van der Waals surface area contributed by atoms with Crippen molar-refractivity contribution >= 4 is 17.5 Å². The summed E-state index contributed by atoms with van der Waals surface area (Å²) in [7, 11) is 1.72. The summed E-state index contributed by atoms with van der Waals surface area (Å²) >= 11 is 1.73. The molecule has 0 N–H and O–H groups in total. The average Bonchev–Trinajstić information content (AvgIpc) is 2.72. The van der Waals surface area contributed by atoms with Gasteiger partial charge in [0.25, 0.3) is 0 Å². The van der Waals surface area contributed by atoms with Crippen molar-refractivity contribution in [1.29, 1.82) is 0 Å². The van der Waals surface area contributed by atoms with Crippen LogP contribution in [0.3, 0.4) is 0 Å². The van der Waals surface area contributed by atoms with Crippen molar-refractivity contribution in [3.8, 4) is 0 Å². The lowest BCUT2D eigenvalue weighted by atomic mass is 10.1. The molecule has 1 unspecified atom stereocenters. The normalized spacial score (nSPS) is 22.1. The topological polar surface area (TPSA) is 47.8 Å². The van der Waals surface area contributed by atoms with Gasteiger partial charge in [-0.25, -0.2) is 0 Å². The van der Waals surface area contributed by atoms with Crippen LogP contribution in [0.15, 0.2) is 6.20 Å². The van der Waals surface area contributed by atoms with E-state index < -0.39 is 0 Å². The monoisotopic (exact) mass is 197 g/mol. The molecule has 1 aromatic heterocycles.